The van der Waals surface area contributed by atoms with E-state index in [1.165, 1.54) is 68.1 Å². The number of rotatable bonds is 20. The van der Waals surface area contributed by atoms with Crippen LogP contribution in [-0.4, -0.2) is 154 Å². The standard InChI is InChI=1S/2C27H31FN6O3.C18H19FN4O2S.C10H16N2O2.ClH/c2*1-17(2)15-32-16-23(33(27(32)37)20-7-3-18(28)4-8-20)22-13-14-29-26(31-22)30-19-5-9-21(10-6-19)34-24(35)11-12-25(34)36;1-12(2)10-22-11-16(15-8-9-20-17(21-15)26(3)25)23(18(22)24)14-6-4-13(19)5-7-14;11-7-1-3-8(4-2-7)12-9(13)5-6-10(12)14;/h2*3-4,7-8,13-14,16-17,19,21H,5-6,9-12,15H2,1-2H3,(H,29,30,31);4-9,11-12H,10H2,1-3H3;7-8H,1-6,11H2;1H. The number of imide groups is 3. The molecule has 1 unspecified atom stereocenters. The summed E-state index contributed by atoms with van der Waals surface area (Å²) in [5, 5.41) is 6.97. The lowest BCUT2D eigenvalue weighted by Gasteiger charge is -2.33. The van der Waals surface area contributed by atoms with Crippen LogP contribution in [0.15, 0.2) is 148 Å². The van der Waals surface area contributed by atoms with Gasteiger partial charge in [-0.05, 0) is 186 Å². The predicted molar refractivity (Wildman–Crippen MR) is 430 cm³/mol. The first-order valence-corrected chi connectivity index (χ1v) is 40.6. The lowest BCUT2D eigenvalue weighted by Crippen LogP contribution is -2.43. The number of likely N-dealkylation sites (tertiary alicyclic amines) is 3. The molecule has 3 aromatic carbocycles. The Morgan fingerprint density at radius 1 is 0.400 bits per heavy atom. The minimum Gasteiger partial charge on any atom is -0.351 e. The van der Waals surface area contributed by atoms with Gasteiger partial charge in [0.2, 0.25) is 52.5 Å². The fourth-order valence-corrected chi connectivity index (χ4v) is 16.0. The number of imidazole rings is 3. The molecule has 15 rings (SSSR count). The lowest BCUT2D eigenvalue weighted by molar-refractivity contribution is -0.143. The molecule has 3 saturated heterocycles. The molecule has 9 heterocycles. The van der Waals surface area contributed by atoms with Crippen molar-refractivity contribution in [2.45, 2.75) is 218 Å². The van der Waals surface area contributed by atoms with Gasteiger partial charge in [-0.15, -0.1) is 12.4 Å². The number of hydrogen-bond donors (Lipinski definition) is 3. The van der Waals surface area contributed by atoms with E-state index in [1.807, 2.05) is 41.5 Å². The average molecular weight is 1620 g/mol. The minimum absolute atomic E-state index is 0. The number of nitrogens with one attached hydrogen (secondary N) is 2. The molecule has 28 nitrogen and oxygen atoms in total. The van der Waals surface area contributed by atoms with Crippen molar-refractivity contribution in [3.63, 3.8) is 0 Å². The van der Waals surface area contributed by atoms with Crippen LogP contribution in [0.2, 0.25) is 0 Å². The monoisotopic (exact) mass is 1620 g/mol. The molecule has 6 fully saturated rings. The van der Waals surface area contributed by atoms with E-state index in [1.54, 1.807) is 108 Å². The van der Waals surface area contributed by atoms with Crippen molar-refractivity contribution in [3.05, 3.63) is 177 Å². The summed E-state index contributed by atoms with van der Waals surface area (Å²) in [6.07, 6.45) is 23.5. The van der Waals surface area contributed by atoms with Gasteiger partial charge in [-0.25, -0.2) is 57.5 Å². The molecule has 6 aliphatic rings. The van der Waals surface area contributed by atoms with Gasteiger partial charge in [-0.1, -0.05) is 41.5 Å². The second kappa shape index (κ2) is 38.1. The highest BCUT2D eigenvalue weighted by atomic mass is 35.5. The van der Waals surface area contributed by atoms with Gasteiger partial charge in [0, 0.05) is 138 Å². The van der Waals surface area contributed by atoms with Crippen LogP contribution in [0, 0.1) is 35.2 Å². The fraction of sp³-hybridized carbons (Fsp3) is 0.451. The highest BCUT2D eigenvalue weighted by Crippen LogP contribution is 2.33. The number of hydrogen-bond acceptors (Lipinski definition) is 19. The number of anilines is 2. The number of benzene rings is 3. The molecule has 6 aromatic heterocycles. The first kappa shape index (κ1) is 85.0. The largest absolute Gasteiger partial charge is 0.351 e. The summed E-state index contributed by atoms with van der Waals surface area (Å²) < 4.78 is 61.6. The molecular weight excluding hydrogens is 1520 g/mol. The van der Waals surface area contributed by atoms with E-state index in [9.17, 15) is 60.5 Å². The number of nitrogens with zero attached hydrogens (tertiary/aromatic N) is 15. The molecule has 6 amide bonds. The maximum absolute atomic E-state index is 13.6. The summed E-state index contributed by atoms with van der Waals surface area (Å²) in [4.78, 5) is 142. The molecule has 4 N–H and O–H groups in total. The molecule has 3 aliphatic carbocycles. The van der Waals surface area contributed by atoms with E-state index in [0.29, 0.717) is 121 Å². The zero-order chi connectivity index (χ0) is 81.2. The molecule has 0 bridgehead atoms. The second-order valence-corrected chi connectivity index (χ2v) is 32.3. The molecule has 3 aliphatic heterocycles. The first-order valence-electron chi connectivity index (χ1n) is 39.1. The molecule has 9 aromatic rings. The number of carbonyl (C=O) groups excluding carboxylic acids is 6. The Hall–Kier alpha value is -10.9. The minimum atomic E-state index is -1.34. The van der Waals surface area contributed by atoms with Crippen molar-refractivity contribution >= 4 is 70.5 Å². The summed E-state index contributed by atoms with van der Waals surface area (Å²) >= 11 is 0. The van der Waals surface area contributed by atoms with E-state index in [-0.39, 0.29) is 142 Å². The third-order valence-corrected chi connectivity index (χ3v) is 21.7. The van der Waals surface area contributed by atoms with Crippen LogP contribution in [0.4, 0.5) is 25.1 Å². The molecule has 610 valence electrons. The van der Waals surface area contributed by atoms with Gasteiger partial charge < -0.3 is 16.4 Å². The normalized spacial score (nSPS) is 19.9. The molecule has 33 heteroatoms. The highest BCUT2D eigenvalue weighted by molar-refractivity contribution is 7.84. The number of nitrogens with two attached hydrogens (primary N) is 1. The van der Waals surface area contributed by atoms with Crippen LogP contribution in [-0.2, 0) is 59.2 Å². The van der Waals surface area contributed by atoms with Crippen LogP contribution >= 0.6 is 12.4 Å². The molecular formula is C82H98ClF3N18O10S. The summed E-state index contributed by atoms with van der Waals surface area (Å²) in [6.45, 7) is 13.8. The topological polar surface area (TPSA) is 337 Å². The Morgan fingerprint density at radius 3 is 0.948 bits per heavy atom. The van der Waals surface area contributed by atoms with Gasteiger partial charge in [0.1, 0.15) is 17.5 Å². The third kappa shape index (κ3) is 20.6. The van der Waals surface area contributed by atoms with Crippen molar-refractivity contribution in [3.8, 4) is 51.2 Å². The van der Waals surface area contributed by atoms with Crippen LogP contribution < -0.4 is 33.4 Å². The fourth-order valence-electron chi connectivity index (χ4n) is 15.6. The molecule has 0 spiro atoms. The molecule has 0 radical (unpaired) electrons. The lowest BCUT2D eigenvalue weighted by atomic mass is 9.90. The van der Waals surface area contributed by atoms with Gasteiger partial charge in [0.25, 0.3) is 0 Å². The number of aromatic nitrogens is 12. The zero-order valence-electron chi connectivity index (χ0n) is 65.5. The van der Waals surface area contributed by atoms with E-state index in [4.69, 9.17) is 15.7 Å². The summed E-state index contributed by atoms with van der Waals surface area (Å²) in [7, 11) is -1.34. The predicted octanol–water partition coefficient (Wildman–Crippen LogP) is 11.0. The Balaban J connectivity index is 0.000000158. The van der Waals surface area contributed by atoms with Gasteiger partial charge in [-0.2, -0.15) is 0 Å². The smallest absolute Gasteiger partial charge is 0.333 e. The summed E-state index contributed by atoms with van der Waals surface area (Å²) in [5.74, 6) is 0.342. The van der Waals surface area contributed by atoms with Crippen molar-refractivity contribution in [2.75, 3.05) is 16.9 Å². The summed E-state index contributed by atoms with van der Waals surface area (Å²) in [6, 6.07) is 23.1. The van der Waals surface area contributed by atoms with Crippen molar-refractivity contribution in [1.29, 1.82) is 0 Å². The zero-order valence-corrected chi connectivity index (χ0v) is 67.1. The second-order valence-electron chi connectivity index (χ2n) is 31.0. The van der Waals surface area contributed by atoms with Gasteiger partial charge in [0.05, 0.1) is 62.0 Å². The Morgan fingerprint density at radius 2 is 0.670 bits per heavy atom. The number of amides is 6. The molecule has 3 saturated carbocycles. The molecule has 1 atom stereocenters. The summed E-state index contributed by atoms with van der Waals surface area (Å²) in [5.41, 5.74) is 10.1. The van der Waals surface area contributed by atoms with Crippen LogP contribution in [0.5, 0.6) is 0 Å². The van der Waals surface area contributed by atoms with Gasteiger partial charge in [0.15, 0.2) is 0 Å². The average Bonchev–Trinajstić information content (AvgIpc) is 1.61. The van der Waals surface area contributed by atoms with Crippen LogP contribution in [0.25, 0.3) is 51.2 Å². The quantitative estimate of drug-likeness (QED) is 0.0471. The van der Waals surface area contributed by atoms with Crippen LogP contribution in [0.3, 0.4) is 0 Å². The van der Waals surface area contributed by atoms with E-state index < -0.39 is 10.8 Å². The van der Waals surface area contributed by atoms with E-state index in [0.717, 1.165) is 77.0 Å². The Kier molecular flexibility index (Phi) is 28.1. The van der Waals surface area contributed by atoms with Crippen molar-refractivity contribution in [2.24, 2.45) is 23.5 Å². The SMILES string of the molecule is CC(C)Cn1cc(-c2ccnc(NC3CCC(N4C(=O)CCC4=O)CC3)n2)n(-c2ccc(F)cc2)c1=O.CC(C)Cn1cc(-c2ccnc(NC3CCC(N4C(=O)CCC4=O)CC3)n2)n(-c2ccc(F)cc2)c1=O.CC(C)Cn1cc(-c2ccnc(S(C)=O)n2)n(-c2ccc(F)cc2)c1=O.Cl.NC1CCC(N2C(=O)CCC2=O)CC1. The van der Waals surface area contributed by atoms with Crippen LogP contribution in [0.1, 0.15) is 157 Å². The number of halogens is 4. The Labute approximate surface area is 672 Å². The number of carbonyl (C=O) groups is 6. The van der Waals surface area contributed by atoms with Gasteiger partial charge in [-0.3, -0.25) is 75.1 Å². The maximum atomic E-state index is 13.6. The molecule has 115 heavy (non-hydrogen) atoms. The first-order chi connectivity index (χ1) is 54.6. The Bertz CT molecular complexity index is 4920. The highest BCUT2D eigenvalue weighted by Gasteiger charge is 2.40. The maximum Gasteiger partial charge on any atom is 0.333 e. The third-order valence-electron chi connectivity index (χ3n) is 21.0. The van der Waals surface area contributed by atoms with E-state index >= 15 is 0 Å². The van der Waals surface area contributed by atoms with E-state index in [2.05, 4.69) is 30.6 Å². The van der Waals surface area contributed by atoms with Gasteiger partial charge >= 0.3 is 17.1 Å². The van der Waals surface area contributed by atoms with Crippen molar-refractivity contribution in [1.82, 2.24) is 72.0 Å². The van der Waals surface area contributed by atoms with Crippen molar-refractivity contribution < 1.29 is 46.1 Å².